The van der Waals surface area contributed by atoms with Crippen molar-refractivity contribution in [2.24, 2.45) is 35.5 Å². The van der Waals surface area contributed by atoms with E-state index in [2.05, 4.69) is 28.1 Å². The van der Waals surface area contributed by atoms with Crippen LogP contribution in [0.2, 0.25) is 0 Å². The fourth-order valence-electron chi connectivity index (χ4n) is 6.61. The second kappa shape index (κ2) is 8.37. The minimum Gasteiger partial charge on any atom is -0.289 e. The molecular formula is C27H24BrN3O5. The molecule has 2 saturated carbocycles. The predicted molar refractivity (Wildman–Crippen MR) is 135 cm³/mol. The van der Waals surface area contributed by atoms with Crippen molar-refractivity contribution in [3.63, 3.8) is 0 Å². The Bertz CT molecular complexity index is 1320. The van der Waals surface area contributed by atoms with E-state index in [9.17, 15) is 24.5 Å². The van der Waals surface area contributed by atoms with Crippen molar-refractivity contribution < 1.29 is 19.3 Å². The largest absolute Gasteiger partial charge is 0.289 e. The molecule has 0 N–H and O–H groups in total. The average molecular weight is 550 g/mol. The SMILES string of the molecule is CCc1cc(Br)ccc1N(CN1C(=O)C2C3C=CC(C4CC34)C2C1=O)C(=O)c1ccccc1[N+](=O)[O-]. The summed E-state index contributed by atoms with van der Waals surface area (Å²) in [6.07, 6.45) is 5.86. The smallest absolute Gasteiger partial charge is 0.282 e. The maximum absolute atomic E-state index is 13.9. The van der Waals surface area contributed by atoms with Gasteiger partial charge < -0.3 is 0 Å². The van der Waals surface area contributed by atoms with Crippen molar-refractivity contribution in [1.29, 1.82) is 0 Å². The summed E-state index contributed by atoms with van der Waals surface area (Å²) >= 11 is 3.46. The summed E-state index contributed by atoms with van der Waals surface area (Å²) in [5.74, 6) is -0.783. The van der Waals surface area contributed by atoms with Crippen LogP contribution >= 0.6 is 15.9 Å². The molecule has 5 aliphatic rings. The third kappa shape index (κ3) is 3.36. The van der Waals surface area contributed by atoms with Gasteiger partial charge in [-0.1, -0.05) is 47.1 Å². The number of likely N-dealkylation sites (tertiary alicyclic amines) is 1. The highest BCUT2D eigenvalue weighted by Crippen LogP contribution is 2.65. The number of rotatable bonds is 6. The molecule has 0 radical (unpaired) electrons. The first-order valence-corrected chi connectivity index (χ1v) is 13.0. The molecule has 4 aliphatic carbocycles. The van der Waals surface area contributed by atoms with E-state index in [-0.39, 0.29) is 53.4 Å². The molecule has 6 atom stereocenters. The predicted octanol–water partition coefficient (Wildman–Crippen LogP) is 4.58. The first-order chi connectivity index (χ1) is 17.3. The minimum atomic E-state index is -0.626. The molecule has 0 aromatic heterocycles. The number of nitro benzene ring substituents is 1. The molecule has 6 unspecified atom stereocenters. The first-order valence-electron chi connectivity index (χ1n) is 12.2. The van der Waals surface area contributed by atoms with Gasteiger partial charge in [-0.25, -0.2) is 0 Å². The van der Waals surface area contributed by atoms with Crippen molar-refractivity contribution >= 4 is 45.0 Å². The second-order valence-corrected chi connectivity index (χ2v) is 11.0. The van der Waals surface area contributed by atoms with E-state index in [1.54, 1.807) is 18.2 Å². The van der Waals surface area contributed by atoms with Crippen molar-refractivity contribution in [2.75, 3.05) is 11.6 Å². The standard InChI is InChI=1S/C27H24BrN3O5/c1-2-14-11-15(28)7-10-21(14)29(25(32)18-5-3-4-6-22(18)31(35)36)13-30-26(33)23-16-8-9-17(20-12-19(16)20)24(23)27(30)34/h3-11,16-17,19-20,23-24H,2,12-13H2,1H3. The molecule has 8 nitrogen and oxygen atoms in total. The highest BCUT2D eigenvalue weighted by Gasteiger charge is 2.67. The Hall–Kier alpha value is -3.33. The topological polar surface area (TPSA) is 101 Å². The molecule has 1 saturated heterocycles. The van der Waals surface area contributed by atoms with Crippen LogP contribution in [0.15, 0.2) is 59.1 Å². The number of hydrogen-bond acceptors (Lipinski definition) is 5. The molecule has 1 heterocycles. The Labute approximate surface area is 216 Å². The summed E-state index contributed by atoms with van der Waals surface area (Å²) in [5, 5.41) is 11.7. The van der Waals surface area contributed by atoms with Crippen LogP contribution in [0, 0.1) is 45.6 Å². The van der Waals surface area contributed by atoms with Gasteiger partial charge in [0, 0.05) is 16.2 Å². The van der Waals surface area contributed by atoms with Crippen LogP contribution in [-0.4, -0.2) is 34.2 Å². The Morgan fingerprint density at radius 2 is 1.72 bits per heavy atom. The number of allylic oxidation sites excluding steroid dienone is 2. The lowest BCUT2D eigenvalue weighted by atomic mass is 9.63. The van der Waals surface area contributed by atoms with Gasteiger partial charge in [0.05, 0.1) is 16.8 Å². The van der Waals surface area contributed by atoms with Crippen molar-refractivity contribution in [3.8, 4) is 0 Å². The maximum atomic E-state index is 13.9. The van der Waals surface area contributed by atoms with Crippen molar-refractivity contribution in [3.05, 3.63) is 80.3 Å². The number of carbonyl (C=O) groups excluding carboxylic acids is 3. The van der Waals surface area contributed by atoms with Crippen LogP contribution < -0.4 is 4.90 Å². The van der Waals surface area contributed by atoms with Gasteiger partial charge >= 0.3 is 0 Å². The summed E-state index contributed by atoms with van der Waals surface area (Å²) < 4.78 is 0.822. The van der Waals surface area contributed by atoms with Gasteiger partial charge in [-0.2, -0.15) is 0 Å². The van der Waals surface area contributed by atoms with Crippen LogP contribution in [0.1, 0.15) is 29.3 Å². The van der Waals surface area contributed by atoms with Gasteiger partial charge in [-0.3, -0.25) is 34.3 Å². The van der Waals surface area contributed by atoms with E-state index >= 15 is 0 Å². The number of para-hydroxylation sites is 1. The van der Waals surface area contributed by atoms with E-state index in [0.29, 0.717) is 23.9 Å². The van der Waals surface area contributed by atoms with Crippen LogP contribution in [-0.2, 0) is 16.0 Å². The Balaban J connectivity index is 1.40. The number of amides is 3. The zero-order chi connectivity index (χ0) is 25.3. The summed E-state index contributed by atoms with van der Waals surface area (Å²) in [6.45, 7) is 1.66. The Morgan fingerprint density at radius 3 is 2.33 bits per heavy atom. The summed E-state index contributed by atoms with van der Waals surface area (Å²) in [6, 6.07) is 11.2. The molecule has 7 rings (SSSR count). The molecule has 3 fully saturated rings. The summed E-state index contributed by atoms with van der Waals surface area (Å²) in [4.78, 5) is 54.8. The van der Waals surface area contributed by atoms with Gasteiger partial charge in [0.2, 0.25) is 11.8 Å². The fourth-order valence-corrected chi connectivity index (χ4v) is 7.02. The zero-order valence-corrected chi connectivity index (χ0v) is 21.1. The van der Waals surface area contributed by atoms with E-state index in [1.807, 2.05) is 13.0 Å². The Kier molecular flexibility index (Phi) is 5.37. The summed E-state index contributed by atoms with van der Waals surface area (Å²) in [5.41, 5.74) is 0.920. The fraction of sp³-hybridized carbons (Fsp3) is 0.370. The molecule has 9 heteroatoms. The van der Waals surface area contributed by atoms with Crippen LogP contribution in [0.25, 0.3) is 0 Å². The van der Waals surface area contributed by atoms with Crippen LogP contribution in [0.3, 0.4) is 0 Å². The highest BCUT2D eigenvalue weighted by atomic mass is 79.9. The third-order valence-electron chi connectivity index (χ3n) is 8.33. The zero-order valence-electron chi connectivity index (χ0n) is 19.5. The van der Waals surface area contributed by atoms with Gasteiger partial charge in [0.25, 0.3) is 11.6 Å². The number of benzene rings is 2. The molecular weight excluding hydrogens is 526 g/mol. The second-order valence-electron chi connectivity index (χ2n) is 10.0. The van der Waals surface area contributed by atoms with Gasteiger partial charge in [-0.15, -0.1) is 0 Å². The lowest BCUT2D eigenvalue weighted by Gasteiger charge is -2.37. The van der Waals surface area contributed by atoms with Gasteiger partial charge in [-0.05, 0) is 66.3 Å². The summed E-state index contributed by atoms with van der Waals surface area (Å²) in [7, 11) is 0. The number of carbonyl (C=O) groups is 3. The average Bonchev–Trinajstić information content (AvgIpc) is 3.67. The van der Waals surface area contributed by atoms with Crippen molar-refractivity contribution in [1.82, 2.24) is 4.90 Å². The molecule has 36 heavy (non-hydrogen) atoms. The molecule has 2 bridgehead atoms. The first kappa shape index (κ1) is 23.1. The molecule has 1 aliphatic heterocycles. The van der Waals surface area contributed by atoms with Crippen LogP contribution in [0.4, 0.5) is 11.4 Å². The third-order valence-corrected chi connectivity index (χ3v) is 8.82. The molecule has 3 amide bonds. The van der Waals surface area contributed by atoms with E-state index in [0.717, 1.165) is 16.5 Å². The van der Waals surface area contributed by atoms with Gasteiger partial charge in [0.15, 0.2) is 0 Å². The quantitative estimate of drug-likeness (QED) is 0.227. The monoisotopic (exact) mass is 549 g/mol. The molecule has 0 spiro atoms. The highest BCUT2D eigenvalue weighted by molar-refractivity contribution is 9.10. The molecule has 2 aromatic carbocycles. The van der Waals surface area contributed by atoms with E-state index < -0.39 is 10.8 Å². The molecule has 184 valence electrons. The number of nitrogens with zero attached hydrogens (tertiary/aromatic N) is 3. The van der Waals surface area contributed by atoms with Gasteiger partial charge in [0.1, 0.15) is 12.2 Å². The number of imide groups is 1. The number of aryl methyl sites for hydroxylation is 1. The number of hydrogen-bond donors (Lipinski definition) is 0. The van der Waals surface area contributed by atoms with E-state index in [1.165, 1.54) is 28.0 Å². The van der Waals surface area contributed by atoms with Crippen LogP contribution in [0.5, 0.6) is 0 Å². The number of anilines is 1. The lowest BCUT2D eigenvalue weighted by molar-refractivity contribution is -0.385. The Morgan fingerprint density at radius 1 is 1.08 bits per heavy atom. The maximum Gasteiger partial charge on any atom is 0.282 e. The number of nitro groups is 1. The van der Waals surface area contributed by atoms with Crippen molar-refractivity contribution in [2.45, 2.75) is 19.8 Å². The minimum absolute atomic E-state index is 0.0738. The van der Waals surface area contributed by atoms with E-state index in [4.69, 9.17) is 0 Å². The number of halogens is 1. The molecule has 2 aromatic rings. The lowest BCUT2D eigenvalue weighted by Crippen LogP contribution is -2.45. The normalized spacial score (nSPS) is 29.2.